The summed E-state index contributed by atoms with van der Waals surface area (Å²) in [6, 6.07) is 7.19. The fraction of sp³-hybridized carbons (Fsp3) is 0.529. The summed E-state index contributed by atoms with van der Waals surface area (Å²) in [5.41, 5.74) is 0.925. The van der Waals surface area contributed by atoms with Crippen molar-refractivity contribution in [3.8, 4) is 0 Å². The highest BCUT2D eigenvalue weighted by atomic mass is 35.5. The predicted octanol–water partition coefficient (Wildman–Crippen LogP) is 3.15. The molecule has 6 heteroatoms. The second kappa shape index (κ2) is 8.89. The molecule has 126 valence electrons. The molecule has 0 aromatic heterocycles. The number of imide groups is 1. The Bertz CT molecular complexity index is 544. The molecule has 1 aliphatic carbocycles. The summed E-state index contributed by atoms with van der Waals surface area (Å²) in [6.45, 7) is 1.99. The van der Waals surface area contributed by atoms with E-state index in [0.29, 0.717) is 5.02 Å². The van der Waals surface area contributed by atoms with Crippen molar-refractivity contribution < 1.29 is 9.59 Å². The molecule has 1 aliphatic rings. The van der Waals surface area contributed by atoms with E-state index in [1.807, 2.05) is 31.2 Å². The summed E-state index contributed by atoms with van der Waals surface area (Å²) in [7, 11) is 0. The van der Waals surface area contributed by atoms with Crippen LogP contribution in [0.25, 0.3) is 0 Å². The van der Waals surface area contributed by atoms with Gasteiger partial charge in [0, 0.05) is 17.1 Å². The third kappa shape index (κ3) is 5.84. The lowest BCUT2D eigenvalue weighted by Gasteiger charge is -2.22. The predicted molar refractivity (Wildman–Crippen MR) is 91.4 cm³/mol. The molecule has 1 aromatic carbocycles. The van der Waals surface area contributed by atoms with Gasteiger partial charge in [-0.25, -0.2) is 4.79 Å². The van der Waals surface area contributed by atoms with Gasteiger partial charge < -0.3 is 10.6 Å². The first-order valence-corrected chi connectivity index (χ1v) is 8.52. The molecular formula is C17H24ClN3O2. The number of carbonyl (C=O) groups is 2. The first kappa shape index (κ1) is 17.8. The third-order valence-electron chi connectivity index (χ3n) is 4.13. The Kier molecular flexibility index (Phi) is 6.86. The van der Waals surface area contributed by atoms with Crippen LogP contribution < -0.4 is 16.0 Å². The SMILES string of the molecule is CC(NCC(=O)NC(=O)NC1CCCCC1)c1ccccc1Cl. The van der Waals surface area contributed by atoms with Crippen molar-refractivity contribution >= 4 is 23.5 Å². The topological polar surface area (TPSA) is 70.2 Å². The monoisotopic (exact) mass is 337 g/mol. The molecule has 23 heavy (non-hydrogen) atoms. The van der Waals surface area contributed by atoms with E-state index in [0.717, 1.165) is 31.2 Å². The van der Waals surface area contributed by atoms with Crippen molar-refractivity contribution in [2.45, 2.75) is 51.1 Å². The van der Waals surface area contributed by atoms with Gasteiger partial charge in [-0.3, -0.25) is 10.1 Å². The van der Waals surface area contributed by atoms with Crippen molar-refractivity contribution in [3.05, 3.63) is 34.9 Å². The van der Waals surface area contributed by atoms with Gasteiger partial charge in [-0.05, 0) is 31.4 Å². The first-order chi connectivity index (χ1) is 11.1. The van der Waals surface area contributed by atoms with E-state index in [1.165, 1.54) is 6.42 Å². The number of benzene rings is 1. The largest absolute Gasteiger partial charge is 0.335 e. The Morgan fingerprint density at radius 2 is 1.91 bits per heavy atom. The van der Waals surface area contributed by atoms with Gasteiger partial charge in [0.25, 0.3) is 0 Å². The Labute approximate surface area is 142 Å². The van der Waals surface area contributed by atoms with Crippen LogP contribution in [0.2, 0.25) is 5.02 Å². The molecule has 1 unspecified atom stereocenters. The zero-order valence-corrected chi connectivity index (χ0v) is 14.2. The first-order valence-electron chi connectivity index (χ1n) is 8.14. The minimum atomic E-state index is -0.408. The van der Waals surface area contributed by atoms with Crippen LogP contribution in [0.1, 0.15) is 50.6 Å². The van der Waals surface area contributed by atoms with Crippen molar-refractivity contribution in [1.29, 1.82) is 0 Å². The molecule has 5 nitrogen and oxygen atoms in total. The molecular weight excluding hydrogens is 314 g/mol. The maximum Gasteiger partial charge on any atom is 0.321 e. The van der Waals surface area contributed by atoms with Gasteiger partial charge >= 0.3 is 6.03 Å². The zero-order valence-electron chi connectivity index (χ0n) is 13.4. The molecule has 1 fully saturated rings. The third-order valence-corrected chi connectivity index (χ3v) is 4.48. The van der Waals surface area contributed by atoms with Crippen LogP contribution in [-0.4, -0.2) is 24.5 Å². The molecule has 0 saturated heterocycles. The van der Waals surface area contributed by atoms with Gasteiger partial charge in [0.1, 0.15) is 0 Å². The van der Waals surface area contributed by atoms with Gasteiger partial charge in [-0.2, -0.15) is 0 Å². The number of halogens is 1. The van der Waals surface area contributed by atoms with Gasteiger partial charge in [-0.1, -0.05) is 49.1 Å². The highest BCUT2D eigenvalue weighted by Crippen LogP contribution is 2.21. The summed E-state index contributed by atoms with van der Waals surface area (Å²) < 4.78 is 0. The Hall–Kier alpha value is -1.59. The van der Waals surface area contributed by atoms with Crippen molar-refractivity contribution in [2.75, 3.05) is 6.54 Å². The lowest BCUT2D eigenvalue weighted by atomic mass is 9.96. The molecule has 1 aromatic rings. The van der Waals surface area contributed by atoms with E-state index in [-0.39, 0.29) is 24.5 Å². The average molecular weight is 338 g/mol. The summed E-state index contributed by atoms with van der Waals surface area (Å²) in [6.07, 6.45) is 5.47. The van der Waals surface area contributed by atoms with Crippen LogP contribution in [0.3, 0.4) is 0 Å². The molecule has 0 spiro atoms. The zero-order chi connectivity index (χ0) is 16.7. The van der Waals surface area contributed by atoms with E-state index >= 15 is 0 Å². The molecule has 3 amide bonds. The van der Waals surface area contributed by atoms with E-state index in [2.05, 4.69) is 16.0 Å². The van der Waals surface area contributed by atoms with Gasteiger partial charge in [0.15, 0.2) is 0 Å². The fourth-order valence-corrected chi connectivity index (χ4v) is 3.12. The quantitative estimate of drug-likeness (QED) is 0.773. The maximum atomic E-state index is 11.8. The molecule has 0 heterocycles. The minimum absolute atomic E-state index is 0.0600. The van der Waals surface area contributed by atoms with Crippen molar-refractivity contribution in [3.63, 3.8) is 0 Å². The van der Waals surface area contributed by atoms with Crippen molar-refractivity contribution in [2.24, 2.45) is 0 Å². The van der Waals surface area contributed by atoms with Gasteiger partial charge in [0.05, 0.1) is 6.54 Å². The summed E-state index contributed by atoms with van der Waals surface area (Å²) in [5.74, 6) is -0.350. The molecule has 0 bridgehead atoms. The number of carbonyl (C=O) groups excluding carboxylic acids is 2. The molecule has 1 atom stereocenters. The highest BCUT2D eigenvalue weighted by molar-refractivity contribution is 6.31. The summed E-state index contributed by atoms with van der Waals surface area (Å²) in [4.78, 5) is 23.6. The average Bonchev–Trinajstić information content (AvgIpc) is 2.54. The number of rotatable bonds is 5. The summed E-state index contributed by atoms with van der Waals surface area (Å²) >= 11 is 6.12. The smallest absolute Gasteiger partial charge is 0.321 e. The summed E-state index contributed by atoms with van der Waals surface area (Å²) in [5, 5.41) is 8.95. The standard InChI is InChI=1S/C17H24ClN3O2/c1-12(14-9-5-6-10-15(14)18)19-11-16(22)21-17(23)20-13-7-3-2-4-8-13/h5-6,9-10,12-13,19H,2-4,7-8,11H2,1H3,(H2,20,21,22,23). The van der Waals surface area contributed by atoms with Gasteiger partial charge in [0.2, 0.25) is 5.91 Å². The second-order valence-corrected chi connectivity index (χ2v) is 6.39. The normalized spacial score (nSPS) is 16.6. The van der Waals surface area contributed by atoms with E-state index in [9.17, 15) is 9.59 Å². The fourth-order valence-electron chi connectivity index (χ4n) is 2.82. The molecule has 1 saturated carbocycles. The number of nitrogens with one attached hydrogen (secondary N) is 3. The lowest BCUT2D eigenvalue weighted by Crippen LogP contribution is -2.47. The Morgan fingerprint density at radius 3 is 2.61 bits per heavy atom. The maximum absolute atomic E-state index is 11.8. The van der Waals surface area contributed by atoms with Gasteiger partial charge in [-0.15, -0.1) is 0 Å². The van der Waals surface area contributed by atoms with Crippen LogP contribution in [0, 0.1) is 0 Å². The highest BCUT2D eigenvalue weighted by Gasteiger charge is 2.17. The number of urea groups is 1. The van der Waals surface area contributed by atoms with Crippen molar-refractivity contribution in [1.82, 2.24) is 16.0 Å². The van der Waals surface area contributed by atoms with Crippen LogP contribution in [0.4, 0.5) is 4.79 Å². The van der Waals surface area contributed by atoms with E-state index < -0.39 is 6.03 Å². The van der Waals surface area contributed by atoms with E-state index in [4.69, 9.17) is 11.6 Å². The molecule has 3 N–H and O–H groups in total. The second-order valence-electron chi connectivity index (χ2n) is 5.98. The van der Waals surface area contributed by atoms with E-state index in [1.54, 1.807) is 0 Å². The number of amides is 3. The molecule has 2 rings (SSSR count). The molecule has 0 radical (unpaired) electrons. The van der Waals surface area contributed by atoms with Crippen LogP contribution in [0.5, 0.6) is 0 Å². The Balaban J connectivity index is 1.72. The molecule has 0 aliphatic heterocycles. The number of hydrogen-bond donors (Lipinski definition) is 3. The van der Waals surface area contributed by atoms with Crippen LogP contribution in [-0.2, 0) is 4.79 Å². The lowest BCUT2D eigenvalue weighted by molar-refractivity contribution is -0.119. The number of hydrogen-bond acceptors (Lipinski definition) is 3. The minimum Gasteiger partial charge on any atom is -0.335 e. The van der Waals surface area contributed by atoms with Crippen LogP contribution in [0.15, 0.2) is 24.3 Å². The van der Waals surface area contributed by atoms with Crippen LogP contribution >= 0.6 is 11.6 Å². The Morgan fingerprint density at radius 1 is 1.22 bits per heavy atom.